The Morgan fingerprint density at radius 2 is 1.75 bits per heavy atom. The number of benzene rings is 2. The van der Waals surface area contributed by atoms with Gasteiger partial charge in [-0.15, -0.1) is 0 Å². The van der Waals surface area contributed by atoms with Crippen LogP contribution in [0.25, 0.3) is 0 Å². The van der Waals surface area contributed by atoms with E-state index in [0.29, 0.717) is 0 Å². The zero-order chi connectivity index (χ0) is 14.9. The molecule has 0 nitrogen and oxygen atoms in total. The lowest BCUT2D eigenvalue weighted by atomic mass is 10.0. The molecule has 20 heavy (non-hydrogen) atoms. The lowest BCUT2D eigenvalue weighted by Gasteiger charge is -2.14. The SMILES string of the molecule is Fc1cc(C(Br)Cc2c(F)cccc2Cl)c(F)cc1Br. The quantitative estimate of drug-likeness (QED) is 0.403. The van der Waals surface area contributed by atoms with Gasteiger partial charge < -0.3 is 0 Å². The largest absolute Gasteiger partial charge is 0.207 e. The maximum atomic E-state index is 13.8. The molecule has 0 aliphatic carbocycles. The van der Waals surface area contributed by atoms with Crippen LogP contribution in [0.15, 0.2) is 34.8 Å². The minimum Gasteiger partial charge on any atom is -0.207 e. The van der Waals surface area contributed by atoms with E-state index in [9.17, 15) is 13.2 Å². The molecular weight excluding hydrogens is 420 g/mol. The van der Waals surface area contributed by atoms with Gasteiger partial charge in [-0.1, -0.05) is 33.6 Å². The Morgan fingerprint density at radius 1 is 1.05 bits per heavy atom. The highest BCUT2D eigenvalue weighted by atomic mass is 79.9. The van der Waals surface area contributed by atoms with Gasteiger partial charge in [0.1, 0.15) is 17.5 Å². The van der Waals surface area contributed by atoms with Crippen LogP contribution in [-0.4, -0.2) is 0 Å². The molecule has 1 atom stereocenters. The third kappa shape index (κ3) is 3.38. The Labute approximate surface area is 136 Å². The van der Waals surface area contributed by atoms with E-state index in [1.807, 2.05) is 0 Å². The van der Waals surface area contributed by atoms with Gasteiger partial charge in [-0.3, -0.25) is 0 Å². The van der Waals surface area contributed by atoms with Gasteiger partial charge in [0.05, 0.1) is 4.47 Å². The number of hydrogen-bond donors (Lipinski definition) is 0. The van der Waals surface area contributed by atoms with Crippen molar-refractivity contribution >= 4 is 43.5 Å². The summed E-state index contributed by atoms with van der Waals surface area (Å²) in [5.41, 5.74) is 0.379. The molecule has 0 N–H and O–H groups in total. The zero-order valence-electron chi connectivity index (χ0n) is 9.94. The normalized spacial score (nSPS) is 12.5. The van der Waals surface area contributed by atoms with E-state index in [4.69, 9.17) is 11.6 Å². The Balaban J connectivity index is 2.33. The molecule has 0 radical (unpaired) electrons. The first-order chi connectivity index (χ1) is 9.40. The second-order valence-electron chi connectivity index (χ2n) is 4.16. The second kappa shape index (κ2) is 6.50. The maximum Gasteiger partial charge on any atom is 0.137 e. The standard InChI is InChI=1S/C14H8Br2ClF3/c15-9(4-8-11(17)2-1-3-12(8)18)7-5-14(20)10(16)6-13(7)19/h1-3,5-6,9H,4H2. The summed E-state index contributed by atoms with van der Waals surface area (Å²) >= 11 is 12.1. The molecule has 0 fully saturated rings. The van der Waals surface area contributed by atoms with E-state index < -0.39 is 22.3 Å². The van der Waals surface area contributed by atoms with Crippen LogP contribution >= 0.6 is 43.5 Å². The lowest BCUT2D eigenvalue weighted by molar-refractivity contribution is 0.574. The van der Waals surface area contributed by atoms with Crippen LogP contribution in [-0.2, 0) is 6.42 Å². The minimum atomic E-state index is -0.584. The van der Waals surface area contributed by atoms with Gasteiger partial charge in [0.15, 0.2) is 0 Å². The molecule has 0 aliphatic heterocycles. The van der Waals surface area contributed by atoms with Gasteiger partial charge in [-0.2, -0.15) is 0 Å². The smallest absolute Gasteiger partial charge is 0.137 e. The fourth-order valence-electron chi connectivity index (χ4n) is 1.79. The van der Waals surface area contributed by atoms with Crippen molar-refractivity contribution in [2.75, 3.05) is 0 Å². The van der Waals surface area contributed by atoms with Crippen LogP contribution in [0.4, 0.5) is 13.2 Å². The molecule has 0 spiro atoms. The van der Waals surface area contributed by atoms with Crippen LogP contribution in [0.5, 0.6) is 0 Å². The molecule has 0 saturated heterocycles. The van der Waals surface area contributed by atoms with Crippen LogP contribution in [0.1, 0.15) is 16.0 Å². The summed E-state index contributed by atoms with van der Waals surface area (Å²) in [4.78, 5) is -0.584. The molecule has 0 saturated carbocycles. The van der Waals surface area contributed by atoms with Crippen molar-refractivity contribution < 1.29 is 13.2 Å². The fourth-order valence-corrected chi connectivity index (χ4v) is 3.02. The van der Waals surface area contributed by atoms with E-state index >= 15 is 0 Å². The first-order valence-electron chi connectivity index (χ1n) is 5.61. The van der Waals surface area contributed by atoms with Gasteiger partial charge >= 0.3 is 0 Å². The summed E-state index contributed by atoms with van der Waals surface area (Å²) in [5, 5.41) is 0.257. The fraction of sp³-hybridized carbons (Fsp3) is 0.143. The third-order valence-corrected chi connectivity index (χ3v) is 4.60. The van der Waals surface area contributed by atoms with Crippen LogP contribution < -0.4 is 0 Å². The van der Waals surface area contributed by atoms with Crippen molar-refractivity contribution in [3.05, 3.63) is 68.4 Å². The number of halogens is 6. The molecule has 2 aromatic carbocycles. The van der Waals surface area contributed by atoms with Gasteiger partial charge in [-0.25, -0.2) is 13.2 Å². The predicted octanol–water partition coefficient (Wildman–Crippen LogP) is 6.20. The van der Waals surface area contributed by atoms with E-state index in [2.05, 4.69) is 31.9 Å². The molecule has 0 heterocycles. The first-order valence-corrected chi connectivity index (χ1v) is 7.70. The highest BCUT2D eigenvalue weighted by molar-refractivity contribution is 9.10. The Morgan fingerprint density at radius 3 is 2.40 bits per heavy atom. The number of hydrogen-bond acceptors (Lipinski definition) is 0. The predicted molar refractivity (Wildman–Crippen MR) is 80.8 cm³/mol. The Hall–Kier alpha value is -0.520. The maximum absolute atomic E-state index is 13.8. The molecule has 0 aliphatic rings. The molecule has 2 rings (SSSR count). The van der Waals surface area contributed by atoms with Gasteiger partial charge in [0.25, 0.3) is 0 Å². The molecule has 106 valence electrons. The number of rotatable bonds is 3. The molecule has 0 amide bonds. The molecule has 6 heteroatoms. The van der Waals surface area contributed by atoms with Crippen molar-refractivity contribution in [3.8, 4) is 0 Å². The number of alkyl halides is 1. The van der Waals surface area contributed by atoms with E-state index in [0.717, 1.165) is 12.1 Å². The van der Waals surface area contributed by atoms with Crippen LogP contribution in [0, 0.1) is 17.5 Å². The summed E-state index contributed by atoms with van der Waals surface area (Å²) < 4.78 is 41.0. The molecular formula is C14H8Br2ClF3. The minimum absolute atomic E-state index is 0.0439. The summed E-state index contributed by atoms with van der Waals surface area (Å²) in [6.07, 6.45) is 0.115. The van der Waals surface area contributed by atoms with Crippen molar-refractivity contribution in [2.45, 2.75) is 11.2 Å². The monoisotopic (exact) mass is 426 g/mol. The average Bonchev–Trinajstić information content (AvgIpc) is 2.38. The molecule has 0 bridgehead atoms. The summed E-state index contributed by atoms with van der Waals surface area (Å²) in [5.74, 6) is -1.63. The first kappa shape index (κ1) is 15.9. The Kier molecular flexibility index (Phi) is 5.15. The highest BCUT2D eigenvalue weighted by Crippen LogP contribution is 2.34. The zero-order valence-corrected chi connectivity index (χ0v) is 13.9. The highest BCUT2D eigenvalue weighted by Gasteiger charge is 2.19. The summed E-state index contributed by atoms with van der Waals surface area (Å²) in [6, 6.07) is 6.44. The molecule has 2 aromatic rings. The van der Waals surface area contributed by atoms with Crippen molar-refractivity contribution in [3.63, 3.8) is 0 Å². The topological polar surface area (TPSA) is 0 Å². The Bertz CT molecular complexity index is 626. The third-order valence-electron chi connectivity index (χ3n) is 2.82. The van der Waals surface area contributed by atoms with E-state index in [1.54, 1.807) is 6.07 Å². The van der Waals surface area contributed by atoms with Crippen molar-refractivity contribution in [1.29, 1.82) is 0 Å². The second-order valence-corrected chi connectivity index (χ2v) is 6.53. The molecule has 0 aromatic heterocycles. The van der Waals surface area contributed by atoms with Crippen molar-refractivity contribution in [2.24, 2.45) is 0 Å². The van der Waals surface area contributed by atoms with Crippen LogP contribution in [0.2, 0.25) is 5.02 Å². The van der Waals surface area contributed by atoms with E-state index in [1.165, 1.54) is 12.1 Å². The molecule has 1 unspecified atom stereocenters. The van der Waals surface area contributed by atoms with Gasteiger partial charge in [-0.05, 0) is 46.6 Å². The van der Waals surface area contributed by atoms with Crippen LogP contribution in [0.3, 0.4) is 0 Å². The lowest BCUT2D eigenvalue weighted by Crippen LogP contribution is -2.02. The van der Waals surface area contributed by atoms with E-state index in [-0.39, 0.29) is 27.0 Å². The van der Waals surface area contributed by atoms with Gasteiger partial charge in [0, 0.05) is 21.0 Å². The average molecular weight is 428 g/mol. The van der Waals surface area contributed by atoms with Crippen molar-refractivity contribution in [1.82, 2.24) is 0 Å². The summed E-state index contributed by atoms with van der Waals surface area (Å²) in [6.45, 7) is 0. The van der Waals surface area contributed by atoms with Gasteiger partial charge in [0.2, 0.25) is 0 Å². The summed E-state index contributed by atoms with van der Waals surface area (Å²) in [7, 11) is 0.